The quantitative estimate of drug-likeness (QED) is 0.342. The first-order valence-corrected chi connectivity index (χ1v) is 12.5. The number of hydrogen-bond donors (Lipinski definition) is 1. The van der Waals surface area contributed by atoms with E-state index in [0.29, 0.717) is 40.3 Å². The molecule has 4 rings (SSSR count). The summed E-state index contributed by atoms with van der Waals surface area (Å²) in [6.07, 6.45) is 4.35. The lowest BCUT2D eigenvalue weighted by Gasteiger charge is -2.28. The van der Waals surface area contributed by atoms with E-state index in [-0.39, 0.29) is 6.04 Å². The fourth-order valence-electron chi connectivity index (χ4n) is 4.34. The summed E-state index contributed by atoms with van der Waals surface area (Å²) in [6.45, 7) is 2.79. The van der Waals surface area contributed by atoms with Crippen LogP contribution in [0.1, 0.15) is 30.0 Å². The van der Waals surface area contributed by atoms with E-state index in [1.165, 1.54) is 30.2 Å². The van der Waals surface area contributed by atoms with E-state index in [1.807, 2.05) is 30.5 Å². The Kier molecular flexibility index (Phi) is 7.88. The fraction of sp³-hybridized carbons (Fsp3) is 0.346. The Morgan fingerprint density at radius 1 is 1.06 bits per heavy atom. The van der Waals surface area contributed by atoms with Crippen molar-refractivity contribution in [1.29, 1.82) is 5.26 Å². The topological polar surface area (TPSA) is 83.3 Å². The smallest absolute Gasteiger partial charge is 0.189 e. The molecule has 1 fully saturated rings. The second-order valence-electron chi connectivity index (χ2n) is 8.01. The highest BCUT2D eigenvalue weighted by atomic mass is 32.2. The van der Waals surface area contributed by atoms with Crippen LogP contribution in [0, 0.1) is 11.3 Å². The van der Waals surface area contributed by atoms with Crippen LogP contribution in [0.4, 0.5) is 5.82 Å². The van der Waals surface area contributed by atoms with Gasteiger partial charge in [-0.15, -0.1) is 0 Å². The van der Waals surface area contributed by atoms with E-state index in [0.717, 1.165) is 18.7 Å². The van der Waals surface area contributed by atoms with Gasteiger partial charge in [0.05, 0.1) is 26.0 Å². The highest BCUT2D eigenvalue weighted by Gasteiger charge is 2.25. The number of hydrogen-bond acceptors (Lipinski definition) is 8. The Balaban J connectivity index is 1.70. The lowest BCUT2D eigenvalue weighted by Crippen LogP contribution is -2.31. The molecule has 1 aliphatic heterocycles. The second kappa shape index (κ2) is 11.2. The fourth-order valence-corrected chi connectivity index (χ4v) is 4.70. The molecule has 2 aromatic carbocycles. The normalized spacial score (nSPS) is 14.4. The van der Waals surface area contributed by atoms with Gasteiger partial charge in [0, 0.05) is 12.1 Å². The summed E-state index contributed by atoms with van der Waals surface area (Å²) in [5, 5.41) is 14.2. The highest BCUT2D eigenvalue weighted by molar-refractivity contribution is 7.98. The van der Waals surface area contributed by atoms with E-state index in [9.17, 15) is 5.26 Å². The second-order valence-corrected chi connectivity index (χ2v) is 8.79. The Hall–Kier alpha value is -3.28. The van der Waals surface area contributed by atoms with Crippen molar-refractivity contribution in [3.8, 4) is 28.8 Å². The lowest BCUT2D eigenvalue weighted by atomic mass is 10.0. The van der Waals surface area contributed by atoms with E-state index in [4.69, 9.17) is 9.47 Å². The van der Waals surface area contributed by atoms with E-state index in [1.54, 1.807) is 14.2 Å². The third-order valence-electron chi connectivity index (χ3n) is 6.07. The number of ether oxygens (including phenoxy) is 2. The average molecular weight is 476 g/mol. The molecule has 1 atom stereocenters. The summed E-state index contributed by atoms with van der Waals surface area (Å²) in [6, 6.07) is 18.6. The zero-order valence-electron chi connectivity index (χ0n) is 19.7. The van der Waals surface area contributed by atoms with Crippen molar-refractivity contribution < 1.29 is 9.47 Å². The molecule has 0 aliphatic carbocycles. The summed E-state index contributed by atoms with van der Waals surface area (Å²) in [5.74, 6) is 1.76. The van der Waals surface area contributed by atoms with Gasteiger partial charge in [-0.1, -0.05) is 42.1 Å². The summed E-state index contributed by atoms with van der Waals surface area (Å²) in [7, 11) is 3.19. The van der Waals surface area contributed by atoms with E-state index in [2.05, 4.69) is 50.5 Å². The van der Waals surface area contributed by atoms with Gasteiger partial charge in [0.25, 0.3) is 0 Å². The average Bonchev–Trinajstić information content (AvgIpc) is 3.43. The van der Waals surface area contributed by atoms with Gasteiger partial charge in [-0.05, 0) is 55.9 Å². The molecule has 0 radical (unpaired) electrons. The Bertz CT molecular complexity index is 1160. The number of nitriles is 1. The first kappa shape index (κ1) is 23.9. The van der Waals surface area contributed by atoms with Crippen LogP contribution in [0.5, 0.6) is 11.5 Å². The molecule has 176 valence electrons. The van der Waals surface area contributed by atoms with Crippen LogP contribution in [0.25, 0.3) is 11.3 Å². The number of nitrogens with zero attached hydrogens (tertiary/aromatic N) is 4. The van der Waals surface area contributed by atoms with Crippen molar-refractivity contribution in [3.63, 3.8) is 0 Å². The third-order valence-corrected chi connectivity index (χ3v) is 6.62. The molecule has 0 spiro atoms. The predicted molar refractivity (Wildman–Crippen MR) is 136 cm³/mol. The number of anilines is 1. The summed E-state index contributed by atoms with van der Waals surface area (Å²) < 4.78 is 10.8. The lowest BCUT2D eigenvalue weighted by molar-refractivity contribution is 0.256. The van der Waals surface area contributed by atoms with E-state index >= 15 is 0 Å². The molecule has 1 unspecified atom stereocenters. The molecular weight excluding hydrogens is 446 g/mol. The number of likely N-dealkylation sites (tertiary alicyclic amines) is 1. The zero-order chi connectivity index (χ0) is 23.9. The first-order chi connectivity index (χ1) is 16.7. The van der Waals surface area contributed by atoms with Gasteiger partial charge < -0.3 is 14.8 Å². The van der Waals surface area contributed by atoms with Crippen molar-refractivity contribution in [2.24, 2.45) is 0 Å². The van der Waals surface area contributed by atoms with E-state index < -0.39 is 0 Å². The third kappa shape index (κ3) is 5.11. The Morgan fingerprint density at radius 3 is 2.44 bits per heavy atom. The molecule has 3 aromatic rings. The largest absolute Gasteiger partial charge is 0.493 e. The van der Waals surface area contributed by atoms with Crippen LogP contribution in [-0.2, 0) is 0 Å². The van der Waals surface area contributed by atoms with Crippen molar-refractivity contribution >= 4 is 17.6 Å². The maximum atomic E-state index is 10.1. The molecule has 0 saturated carbocycles. The van der Waals surface area contributed by atoms with Crippen LogP contribution in [-0.4, -0.2) is 55.0 Å². The summed E-state index contributed by atoms with van der Waals surface area (Å²) >= 11 is 1.45. The van der Waals surface area contributed by atoms with Crippen LogP contribution in [0.3, 0.4) is 0 Å². The van der Waals surface area contributed by atoms with Gasteiger partial charge in [0.15, 0.2) is 16.7 Å². The van der Waals surface area contributed by atoms with Gasteiger partial charge in [0.1, 0.15) is 17.5 Å². The molecular formula is C26H29N5O2S. The highest BCUT2D eigenvalue weighted by Crippen LogP contribution is 2.35. The van der Waals surface area contributed by atoms with Gasteiger partial charge >= 0.3 is 0 Å². The molecule has 7 nitrogen and oxygen atoms in total. The summed E-state index contributed by atoms with van der Waals surface area (Å²) in [4.78, 5) is 11.8. The predicted octanol–water partition coefficient (Wildman–Crippen LogP) is 5.00. The number of rotatable bonds is 9. The molecule has 1 aliphatic rings. The molecule has 8 heteroatoms. The monoisotopic (exact) mass is 475 g/mol. The minimum atomic E-state index is 0.201. The number of benzene rings is 2. The number of thioether (sulfide) groups is 1. The minimum absolute atomic E-state index is 0.201. The van der Waals surface area contributed by atoms with Crippen molar-refractivity contribution in [2.45, 2.75) is 24.0 Å². The molecule has 34 heavy (non-hydrogen) atoms. The van der Waals surface area contributed by atoms with Gasteiger partial charge in [-0.3, -0.25) is 4.90 Å². The molecule has 0 bridgehead atoms. The number of methoxy groups -OCH3 is 2. The Labute approximate surface area is 205 Å². The van der Waals surface area contributed by atoms with Crippen molar-refractivity contribution in [2.75, 3.05) is 45.4 Å². The van der Waals surface area contributed by atoms with Gasteiger partial charge in [-0.25, -0.2) is 9.97 Å². The Morgan fingerprint density at radius 2 is 1.79 bits per heavy atom. The van der Waals surface area contributed by atoms with Crippen LogP contribution in [0.15, 0.2) is 53.7 Å². The molecule has 1 N–H and O–H groups in total. The minimum Gasteiger partial charge on any atom is -0.493 e. The van der Waals surface area contributed by atoms with Gasteiger partial charge in [0.2, 0.25) is 0 Å². The first-order valence-electron chi connectivity index (χ1n) is 11.3. The molecule has 2 heterocycles. The number of aromatic nitrogens is 2. The zero-order valence-corrected chi connectivity index (χ0v) is 20.6. The summed E-state index contributed by atoms with van der Waals surface area (Å²) in [5.41, 5.74) is 3.02. The van der Waals surface area contributed by atoms with Crippen molar-refractivity contribution in [3.05, 3.63) is 59.7 Å². The molecule has 1 saturated heterocycles. The maximum Gasteiger partial charge on any atom is 0.189 e. The maximum absolute atomic E-state index is 10.1. The van der Waals surface area contributed by atoms with Crippen LogP contribution < -0.4 is 14.8 Å². The molecule has 1 aromatic heterocycles. The SMILES string of the molecule is COc1ccc(-c2nc(SC)nc(NCC(c3ccccc3)N3CCCC3)c2C#N)cc1OC. The van der Waals surface area contributed by atoms with Gasteiger partial charge in [-0.2, -0.15) is 5.26 Å². The number of nitrogens with one attached hydrogen (secondary N) is 1. The molecule has 0 amide bonds. The van der Waals surface area contributed by atoms with Crippen LogP contribution >= 0.6 is 11.8 Å². The standard InChI is InChI=1S/C26H29N5O2S/c1-32-22-12-11-19(15-23(22)33-2)24-20(16-27)25(30-26(29-24)34-3)28-17-21(31-13-7-8-14-31)18-9-5-4-6-10-18/h4-6,9-12,15,21H,7-8,13-14,17H2,1-3H3,(H,28,29,30). The van der Waals surface area contributed by atoms with Crippen LogP contribution in [0.2, 0.25) is 0 Å². The van der Waals surface area contributed by atoms with Crippen molar-refractivity contribution in [1.82, 2.24) is 14.9 Å².